The maximum Gasteiger partial charge on any atom is 0.240 e. The van der Waals surface area contributed by atoms with Gasteiger partial charge < -0.3 is 10.1 Å². The summed E-state index contributed by atoms with van der Waals surface area (Å²) in [5.74, 6) is 0.0443. The van der Waals surface area contributed by atoms with Crippen molar-refractivity contribution in [1.29, 1.82) is 0 Å². The van der Waals surface area contributed by atoms with Gasteiger partial charge in [0.1, 0.15) is 12.3 Å². The average molecular weight is 335 g/mol. The normalized spacial score (nSPS) is 11.3. The van der Waals surface area contributed by atoms with E-state index in [1.807, 2.05) is 0 Å². The Hall–Kier alpha value is -1.47. The fourth-order valence-electron chi connectivity index (χ4n) is 1.71. The van der Waals surface area contributed by atoms with Crippen molar-refractivity contribution in [1.82, 2.24) is 5.32 Å². The molecule has 1 rings (SSSR count). The molecule has 0 saturated carbocycles. The highest BCUT2D eigenvalue weighted by Gasteiger charge is 2.22. The average Bonchev–Trinajstić information content (AvgIpc) is 2.33. The number of benzene rings is 1. The molecule has 1 aromatic rings. The highest BCUT2D eigenvalue weighted by Crippen LogP contribution is 2.30. The Bertz CT molecular complexity index is 617. The lowest BCUT2D eigenvalue weighted by atomic mass is 10.3. The first-order valence-electron chi connectivity index (χ1n) is 6.25. The van der Waals surface area contributed by atoms with Crippen molar-refractivity contribution in [2.75, 3.05) is 24.2 Å². The monoisotopic (exact) mass is 334 g/mol. The topological polar surface area (TPSA) is 75.7 Å². The second-order valence-electron chi connectivity index (χ2n) is 4.81. The third-order valence-electron chi connectivity index (χ3n) is 2.56. The van der Waals surface area contributed by atoms with Crippen molar-refractivity contribution in [3.63, 3.8) is 0 Å². The van der Waals surface area contributed by atoms with Crippen molar-refractivity contribution < 1.29 is 17.9 Å². The van der Waals surface area contributed by atoms with Crippen LogP contribution in [0.15, 0.2) is 18.2 Å². The Balaban J connectivity index is 3.10. The predicted molar refractivity (Wildman–Crippen MR) is 83.5 cm³/mol. The van der Waals surface area contributed by atoms with Gasteiger partial charge in [-0.15, -0.1) is 0 Å². The molecular formula is C13H19ClN2O4S. The number of methoxy groups -OCH3 is 1. The van der Waals surface area contributed by atoms with E-state index in [0.29, 0.717) is 11.4 Å². The molecule has 0 aliphatic heterocycles. The number of halogens is 1. The summed E-state index contributed by atoms with van der Waals surface area (Å²) in [5, 5.41) is 2.92. The van der Waals surface area contributed by atoms with Crippen LogP contribution in [0.4, 0.5) is 5.69 Å². The summed E-state index contributed by atoms with van der Waals surface area (Å²) in [6.45, 7) is 3.29. The molecule has 0 saturated heterocycles. The van der Waals surface area contributed by atoms with Crippen LogP contribution in [0.2, 0.25) is 5.02 Å². The summed E-state index contributed by atoms with van der Waals surface area (Å²) in [7, 11) is -2.15. The lowest BCUT2D eigenvalue weighted by Crippen LogP contribution is -2.42. The Kier molecular flexibility index (Phi) is 5.86. The molecule has 8 heteroatoms. The first-order valence-corrected chi connectivity index (χ1v) is 8.48. The minimum absolute atomic E-state index is 0.0710. The lowest BCUT2D eigenvalue weighted by Gasteiger charge is -2.23. The molecule has 0 bridgehead atoms. The van der Waals surface area contributed by atoms with Crippen LogP contribution >= 0.6 is 11.6 Å². The zero-order chi connectivity index (χ0) is 16.2. The molecule has 0 aliphatic carbocycles. The van der Waals surface area contributed by atoms with Gasteiger partial charge in [0, 0.05) is 6.04 Å². The van der Waals surface area contributed by atoms with Crippen molar-refractivity contribution in [2.45, 2.75) is 19.9 Å². The SMILES string of the molecule is COc1ccc(N(CC(=O)NC(C)C)S(C)(=O)=O)cc1Cl. The largest absolute Gasteiger partial charge is 0.495 e. The Morgan fingerprint density at radius 2 is 2.05 bits per heavy atom. The number of carbonyl (C=O) groups excluding carboxylic acids is 1. The zero-order valence-corrected chi connectivity index (χ0v) is 14.0. The minimum Gasteiger partial charge on any atom is -0.495 e. The molecule has 21 heavy (non-hydrogen) atoms. The maximum absolute atomic E-state index is 11.9. The molecule has 0 unspecified atom stereocenters. The summed E-state index contributed by atoms with van der Waals surface area (Å²) in [4.78, 5) is 11.8. The first-order chi connectivity index (χ1) is 9.65. The van der Waals surface area contributed by atoms with Gasteiger partial charge in [0.2, 0.25) is 15.9 Å². The van der Waals surface area contributed by atoms with Crippen molar-refractivity contribution >= 4 is 33.2 Å². The van der Waals surface area contributed by atoms with Gasteiger partial charge in [-0.3, -0.25) is 9.10 Å². The second-order valence-corrected chi connectivity index (χ2v) is 7.12. The fraction of sp³-hybridized carbons (Fsp3) is 0.462. The number of hydrogen-bond acceptors (Lipinski definition) is 4. The Labute approximate surface area is 130 Å². The molecule has 118 valence electrons. The molecule has 0 aliphatic rings. The number of carbonyl (C=O) groups is 1. The van der Waals surface area contributed by atoms with Crippen LogP contribution in [-0.4, -0.2) is 40.3 Å². The summed E-state index contributed by atoms with van der Waals surface area (Å²) in [6.07, 6.45) is 1.04. The van der Waals surface area contributed by atoms with Gasteiger partial charge in [-0.1, -0.05) is 11.6 Å². The quantitative estimate of drug-likeness (QED) is 0.858. The Morgan fingerprint density at radius 1 is 1.43 bits per heavy atom. The summed E-state index contributed by atoms with van der Waals surface area (Å²) >= 11 is 6.00. The van der Waals surface area contributed by atoms with Crippen LogP contribution in [0, 0.1) is 0 Å². The van der Waals surface area contributed by atoms with E-state index in [1.165, 1.54) is 19.2 Å². The van der Waals surface area contributed by atoms with Crippen molar-refractivity contribution in [2.24, 2.45) is 0 Å². The number of nitrogens with zero attached hydrogens (tertiary/aromatic N) is 1. The molecule has 0 spiro atoms. The van der Waals surface area contributed by atoms with Gasteiger partial charge in [-0.25, -0.2) is 8.42 Å². The highest BCUT2D eigenvalue weighted by molar-refractivity contribution is 7.92. The molecular weight excluding hydrogens is 316 g/mol. The molecule has 0 atom stereocenters. The van der Waals surface area contributed by atoms with Crippen LogP contribution in [0.5, 0.6) is 5.75 Å². The van der Waals surface area contributed by atoms with Gasteiger partial charge in [0.25, 0.3) is 0 Å². The maximum atomic E-state index is 11.9. The third-order valence-corrected chi connectivity index (χ3v) is 4.00. The third kappa shape index (κ3) is 5.09. The van der Waals surface area contributed by atoms with Crippen molar-refractivity contribution in [3.8, 4) is 5.75 Å². The van der Waals surface area contributed by atoms with E-state index in [0.717, 1.165) is 10.6 Å². The predicted octanol–water partition coefficient (Wildman–Crippen LogP) is 1.64. The number of rotatable bonds is 6. The van der Waals surface area contributed by atoms with Crippen LogP contribution in [0.1, 0.15) is 13.8 Å². The summed E-state index contributed by atoms with van der Waals surface area (Å²) in [6, 6.07) is 4.47. The number of sulfonamides is 1. The fourth-order valence-corrected chi connectivity index (χ4v) is 2.81. The molecule has 0 aromatic heterocycles. The number of anilines is 1. The van der Waals surface area contributed by atoms with Crippen LogP contribution < -0.4 is 14.4 Å². The second kappa shape index (κ2) is 7.00. The van der Waals surface area contributed by atoms with E-state index in [4.69, 9.17) is 16.3 Å². The van der Waals surface area contributed by atoms with Gasteiger partial charge in [0.05, 0.1) is 24.1 Å². The van der Waals surface area contributed by atoms with E-state index in [-0.39, 0.29) is 23.5 Å². The Morgan fingerprint density at radius 3 is 2.48 bits per heavy atom. The molecule has 1 amide bonds. The van der Waals surface area contributed by atoms with E-state index in [2.05, 4.69) is 5.32 Å². The van der Waals surface area contributed by atoms with Crippen LogP contribution in [-0.2, 0) is 14.8 Å². The first kappa shape index (κ1) is 17.6. The van der Waals surface area contributed by atoms with E-state index in [1.54, 1.807) is 19.9 Å². The number of hydrogen-bond donors (Lipinski definition) is 1. The standard InChI is InChI=1S/C13H19ClN2O4S/c1-9(2)15-13(17)8-16(21(4,18)19)10-5-6-12(20-3)11(14)7-10/h5-7,9H,8H2,1-4H3,(H,15,17). The molecule has 0 heterocycles. The van der Waals surface area contributed by atoms with E-state index < -0.39 is 10.0 Å². The minimum atomic E-state index is -3.61. The highest BCUT2D eigenvalue weighted by atomic mass is 35.5. The van der Waals surface area contributed by atoms with Crippen LogP contribution in [0.25, 0.3) is 0 Å². The van der Waals surface area contributed by atoms with Gasteiger partial charge in [-0.05, 0) is 32.0 Å². The van der Waals surface area contributed by atoms with Crippen molar-refractivity contribution in [3.05, 3.63) is 23.2 Å². The number of amides is 1. The van der Waals surface area contributed by atoms with Gasteiger partial charge in [-0.2, -0.15) is 0 Å². The number of ether oxygens (including phenoxy) is 1. The number of nitrogens with one attached hydrogen (secondary N) is 1. The summed E-state index contributed by atoms with van der Waals surface area (Å²) in [5.41, 5.74) is 0.308. The molecule has 6 nitrogen and oxygen atoms in total. The smallest absolute Gasteiger partial charge is 0.240 e. The molecule has 0 fully saturated rings. The van der Waals surface area contributed by atoms with Crippen LogP contribution in [0.3, 0.4) is 0 Å². The van der Waals surface area contributed by atoms with Gasteiger partial charge >= 0.3 is 0 Å². The molecule has 1 aromatic carbocycles. The lowest BCUT2D eigenvalue weighted by molar-refractivity contribution is -0.120. The summed E-state index contributed by atoms with van der Waals surface area (Å²) < 4.78 is 29.8. The van der Waals surface area contributed by atoms with E-state index in [9.17, 15) is 13.2 Å². The molecule has 0 radical (unpaired) electrons. The van der Waals surface area contributed by atoms with E-state index >= 15 is 0 Å². The zero-order valence-electron chi connectivity index (χ0n) is 12.4. The van der Waals surface area contributed by atoms with Gasteiger partial charge in [0.15, 0.2) is 0 Å². The molecule has 1 N–H and O–H groups in total.